The number of aromatic amines is 1. The number of fused-ring (bicyclic) bond motifs is 1. The molecule has 6 heteroatoms. The number of benzene rings is 3. The Morgan fingerprint density at radius 1 is 1.08 bits per heavy atom. The van der Waals surface area contributed by atoms with Gasteiger partial charge in [0.25, 0.3) is 5.91 Å². The number of aromatic nitrogens is 2. The van der Waals surface area contributed by atoms with Gasteiger partial charge < -0.3 is 9.88 Å². The number of nitrogens with one attached hydrogen (secondary N) is 1. The third kappa shape index (κ3) is 5.40. The molecule has 5 nitrogen and oxygen atoms in total. The van der Waals surface area contributed by atoms with Crippen LogP contribution in [-0.4, -0.2) is 51.4 Å². The van der Waals surface area contributed by atoms with E-state index in [0.29, 0.717) is 0 Å². The van der Waals surface area contributed by atoms with Crippen LogP contribution in [0.3, 0.4) is 0 Å². The van der Waals surface area contributed by atoms with Crippen molar-refractivity contribution in [2.75, 3.05) is 19.6 Å². The Bertz CT molecular complexity index is 1280. The molecule has 1 aliphatic rings. The first-order valence-electron chi connectivity index (χ1n) is 12.9. The number of imidazole rings is 1. The fourth-order valence-electron chi connectivity index (χ4n) is 5.41. The third-order valence-electron chi connectivity index (χ3n) is 7.35. The van der Waals surface area contributed by atoms with Crippen molar-refractivity contribution < 1.29 is 4.79 Å². The lowest BCUT2D eigenvalue weighted by atomic mass is 9.97. The molecule has 2 heterocycles. The van der Waals surface area contributed by atoms with Crippen LogP contribution in [-0.2, 0) is 6.42 Å². The van der Waals surface area contributed by atoms with Gasteiger partial charge in [-0.05, 0) is 47.4 Å². The van der Waals surface area contributed by atoms with E-state index in [9.17, 15) is 4.79 Å². The SMILES string of the molecule is CCCCC1CN(C(Cc2ccc(Br)cc2)c2cnc[nH]2)CCN1C(=O)c1cccc2ccccc12. The number of halogens is 1. The second-order valence-corrected chi connectivity index (χ2v) is 10.6. The maximum Gasteiger partial charge on any atom is 0.254 e. The number of nitrogens with zero attached hydrogens (tertiary/aromatic N) is 3. The summed E-state index contributed by atoms with van der Waals surface area (Å²) in [6, 6.07) is 23.2. The van der Waals surface area contributed by atoms with Gasteiger partial charge in [-0.3, -0.25) is 9.69 Å². The molecule has 1 aromatic heterocycles. The van der Waals surface area contributed by atoms with Crippen LogP contribution in [0.25, 0.3) is 10.8 Å². The van der Waals surface area contributed by atoms with Crippen LogP contribution < -0.4 is 0 Å². The summed E-state index contributed by atoms with van der Waals surface area (Å²) in [7, 11) is 0. The van der Waals surface area contributed by atoms with Gasteiger partial charge in [0.05, 0.1) is 18.1 Å². The normalized spacial score (nSPS) is 17.4. The molecular weight excluding hydrogens is 512 g/mol. The van der Waals surface area contributed by atoms with Gasteiger partial charge in [-0.15, -0.1) is 0 Å². The molecule has 3 aromatic carbocycles. The van der Waals surface area contributed by atoms with E-state index in [4.69, 9.17) is 0 Å². The predicted molar refractivity (Wildman–Crippen MR) is 149 cm³/mol. The maximum absolute atomic E-state index is 13.9. The second kappa shape index (κ2) is 11.4. The molecule has 0 spiro atoms. The van der Waals surface area contributed by atoms with Crippen LogP contribution in [0.1, 0.15) is 53.8 Å². The van der Waals surface area contributed by atoms with E-state index in [2.05, 4.69) is 85.1 Å². The van der Waals surface area contributed by atoms with E-state index < -0.39 is 0 Å². The predicted octanol–water partition coefficient (Wildman–Crippen LogP) is 6.63. The van der Waals surface area contributed by atoms with Gasteiger partial charge in [0, 0.05) is 41.9 Å². The Balaban J connectivity index is 1.41. The fourth-order valence-corrected chi connectivity index (χ4v) is 5.68. The summed E-state index contributed by atoms with van der Waals surface area (Å²) in [5.41, 5.74) is 3.22. The van der Waals surface area contributed by atoms with Gasteiger partial charge in [0.1, 0.15) is 0 Å². The second-order valence-electron chi connectivity index (χ2n) is 9.67. The summed E-state index contributed by atoms with van der Waals surface area (Å²) in [4.78, 5) is 26.3. The number of carbonyl (C=O) groups is 1. The third-order valence-corrected chi connectivity index (χ3v) is 7.88. The number of piperazine rings is 1. The lowest BCUT2D eigenvalue weighted by Crippen LogP contribution is -2.56. The zero-order chi connectivity index (χ0) is 24.9. The average Bonchev–Trinajstić information content (AvgIpc) is 3.45. The van der Waals surface area contributed by atoms with E-state index in [1.54, 1.807) is 6.33 Å². The summed E-state index contributed by atoms with van der Waals surface area (Å²) in [6.45, 7) is 4.63. The molecule has 186 valence electrons. The van der Waals surface area contributed by atoms with Crippen LogP contribution in [0.4, 0.5) is 0 Å². The molecule has 1 N–H and O–H groups in total. The summed E-state index contributed by atoms with van der Waals surface area (Å²) in [6.07, 6.45) is 7.84. The Kier molecular flexibility index (Phi) is 7.83. The monoisotopic (exact) mass is 544 g/mol. The minimum absolute atomic E-state index is 0.151. The first-order valence-corrected chi connectivity index (χ1v) is 13.7. The van der Waals surface area contributed by atoms with Gasteiger partial charge in [-0.25, -0.2) is 4.98 Å². The Labute approximate surface area is 221 Å². The molecule has 2 atom stereocenters. The molecule has 1 aliphatic heterocycles. The van der Waals surface area contributed by atoms with Crippen molar-refractivity contribution in [1.29, 1.82) is 0 Å². The molecule has 1 amide bonds. The Hall–Kier alpha value is -2.96. The zero-order valence-electron chi connectivity index (χ0n) is 20.7. The molecule has 1 saturated heterocycles. The first-order chi connectivity index (χ1) is 17.6. The van der Waals surface area contributed by atoms with E-state index in [0.717, 1.165) is 71.8 Å². The fraction of sp³-hybridized carbons (Fsp3) is 0.333. The van der Waals surface area contributed by atoms with Gasteiger partial charge in [-0.1, -0.05) is 84.2 Å². The standard InChI is InChI=1S/C30H33BrN4O/c1-2-3-9-25-20-34(29(28-19-32-21-33-28)18-22-12-14-24(31)15-13-22)16-17-35(25)30(36)27-11-6-8-23-7-4-5-10-26(23)27/h4-8,10-15,19,21,25,29H,2-3,9,16-18,20H2,1H3,(H,32,33). The van der Waals surface area contributed by atoms with E-state index in [-0.39, 0.29) is 18.0 Å². The van der Waals surface area contributed by atoms with Crippen molar-refractivity contribution in [3.63, 3.8) is 0 Å². The largest absolute Gasteiger partial charge is 0.347 e. The maximum atomic E-state index is 13.9. The Morgan fingerprint density at radius 3 is 2.67 bits per heavy atom. The zero-order valence-corrected chi connectivity index (χ0v) is 22.3. The number of carbonyl (C=O) groups excluding carboxylic acids is 1. The highest BCUT2D eigenvalue weighted by atomic mass is 79.9. The van der Waals surface area contributed by atoms with Crippen LogP contribution in [0, 0.1) is 0 Å². The number of rotatable bonds is 8. The van der Waals surface area contributed by atoms with Crippen molar-refractivity contribution in [3.05, 3.63) is 101 Å². The summed E-state index contributed by atoms with van der Waals surface area (Å²) in [5, 5.41) is 2.15. The molecule has 5 rings (SSSR count). The highest BCUT2D eigenvalue weighted by Gasteiger charge is 2.35. The number of amides is 1. The molecule has 2 unspecified atom stereocenters. The average molecular weight is 546 g/mol. The van der Waals surface area contributed by atoms with Crippen LogP contribution in [0.5, 0.6) is 0 Å². The van der Waals surface area contributed by atoms with Gasteiger partial charge in [0.15, 0.2) is 0 Å². The van der Waals surface area contributed by atoms with Crippen molar-refractivity contribution in [1.82, 2.24) is 19.8 Å². The van der Waals surface area contributed by atoms with Gasteiger partial charge >= 0.3 is 0 Å². The Morgan fingerprint density at radius 2 is 1.89 bits per heavy atom. The van der Waals surface area contributed by atoms with Gasteiger partial charge in [-0.2, -0.15) is 0 Å². The molecule has 4 aromatic rings. The topological polar surface area (TPSA) is 52.2 Å². The molecule has 0 saturated carbocycles. The minimum Gasteiger partial charge on any atom is -0.347 e. The smallest absolute Gasteiger partial charge is 0.254 e. The number of hydrogen-bond donors (Lipinski definition) is 1. The van der Waals surface area contributed by atoms with Crippen molar-refractivity contribution in [2.45, 2.75) is 44.7 Å². The molecule has 0 radical (unpaired) electrons. The molecule has 0 aliphatic carbocycles. The molecule has 36 heavy (non-hydrogen) atoms. The lowest BCUT2D eigenvalue weighted by molar-refractivity contribution is 0.0313. The van der Waals surface area contributed by atoms with E-state index >= 15 is 0 Å². The number of H-pyrrole nitrogens is 1. The van der Waals surface area contributed by atoms with Crippen LogP contribution in [0.2, 0.25) is 0 Å². The lowest BCUT2D eigenvalue weighted by Gasteiger charge is -2.44. The van der Waals surface area contributed by atoms with E-state index in [1.807, 2.05) is 30.5 Å². The summed E-state index contributed by atoms with van der Waals surface area (Å²) in [5.74, 6) is 0.151. The van der Waals surface area contributed by atoms with Crippen molar-refractivity contribution >= 4 is 32.6 Å². The number of hydrogen-bond acceptors (Lipinski definition) is 3. The summed E-state index contributed by atoms with van der Waals surface area (Å²) >= 11 is 3.55. The first kappa shape index (κ1) is 24.7. The van der Waals surface area contributed by atoms with Crippen molar-refractivity contribution in [2.24, 2.45) is 0 Å². The van der Waals surface area contributed by atoms with Crippen molar-refractivity contribution in [3.8, 4) is 0 Å². The minimum atomic E-state index is 0.151. The number of unbranched alkanes of at least 4 members (excludes halogenated alkanes) is 1. The molecular formula is C30H33BrN4O. The molecule has 1 fully saturated rings. The highest BCUT2D eigenvalue weighted by Crippen LogP contribution is 2.30. The quantitative estimate of drug-likeness (QED) is 0.271. The van der Waals surface area contributed by atoms with Crippen LogP contribution >= 0.6 is 15.9 Å². The van der Waals surface area contributed by atoms with E-state index in [1.165, 1.54) is 5.56 Å². The summed E-state index contributed by atoms with van der Waals surface area (Å²) < 4.78 is 1.09. The highest BCUT2D eigenvalue weighted by molar-refractivity contribution is 9.10. The molecule has 0 bridgehead atoms. The van der Waals surface area contributed by atoms with Crippen LogP contribution in [0.15, 0.2) is 83.7 Å². The van der Waals surface area contributed by atoms with Gasteiger partial charge in [0.2, 0.25) is 0 Å².